The average Bonchev–Trinajstić information content (AvgIpc) is 0.799. The summed E-state index contributed by atoms with van der Waals surface area (Å²) >= 11 is 0. The van der Waals surface area contributed by atoms with Crippen LogP contribution >= 0.6 is 0 Å². The van der Waals surface area contributed by atoms with Gasteiger partial charge in [-0.2, -0.15) is 0 Å². The molecule has 10 atom stereocenters. The molecule has 0 saturated carbocycles. The molecule has 2 fully saturated rings. The number of carbonyl (C=O) groups excluding carboxylic acids is 1. The molecule has 1 amide bonds. The number of nitrogens with one attached hydrogen (secondary N) is 1. The molecule has 2 heterocycles. The van der Waals surface area contributed by atoms with Gasteiger partial charge in [-0.3, -0.25) is 20.6 Å². The summed E-state index contributed by atoms with van der Waals surface area (Å²) in [5.74, 6) is -0.873. The van der Waals surface area contributed by atoms with E-state index in [2.05, 4.69) is 20.0 Å². The van der Waals surface area contributed by atoms with Gasteiger partial charge in [0.2, 0.25) is 5.91 Å². The average molecular weight is 1310 g/mol. The number of carbonyl (C=O) groups is 1. The lowest BCUT2D eigenvalue weighted by atomic mass is 9.75. The molecule has 5 N–H and O–H groups in total. The molecule has 92 heavy (non-hydrogen) atoms. The van der Waals surface area contributed by atoms with E-state index in [0.29, 0.717) is 164 Å². The molecule has 0 bridgehead atoms. The fraction of sp³-hybridized carbons (Fsp3) is 0.708. The zero-order chi connectivity index (χ0) is 65.0. The molecule has 27 heteroatoms. The zero-order valence-electron chi connectivity index (χ0n) is 53.5. The van der Waals surface area contributed by atoms with Crippen LogP contribution in [0.3, 0.4) is 0 Å². The Labute approximate surface area is 541 Å². The van der Waals surface area contributed by atoms with Crippen molar-refractivity contribution < 1.29 is 126 Å². The highest BCUT2D eigenvalue weighted by Gasteiger charge is 2.53. The largest absolute Gasteiger partial charge is 0.379 e. The van der Waals surface area contributed by atoms with Gasteiger partial charge in [0.15, 0.2) is 12.6 Å². The van der Waals surface area contributed by atoms with Gasteiger partial charge in [-0.05, 0) is 54.2 Å². The minimum Gasteiger partial charge on any atom is -0.379 e. The molecule has 0 aromatic heterocycles. The van der Waals surface area contributed by atoms with Crippen LogP contribution in [0.1, 0.15) is 49.3 Å². The highest BCUT2D eigenvalue weighted by atomic mass is 17.1. The summed E-state index contributed by atoms with van der Waals surface area (Å²) in [5, 5.41) is 40.2. The van der Waals surface area contributed by atoms with E-state index in [1.807, 2.05) is 91.0 Å². The Morgan fingerprint density at radius 2 is 0.750 bits per heavy atom. The number of hydrogen-bond acceptors (Lipinski definition) is 26. The van der Waals surface area contributed by atoms with Gasteiger partial charge in [-0.15, -0.1) is 0 Å². The summed E-state index contributed by atoms with van der Waals surface area (Å²) in [7, 11) is 0. The Morgan fingerprint density at radius 1 is 0.391 bits per heavy atom. The molecule has 0 aliphatic carbocycles. The van der Waals surface area contributed by atoms with Crippen LogP contribution in [-0.4, -0.2) is 261 Å². The first-order valence-electron chi connectivity index (χ1n) is 32.0. The van der Waals surface area contributed by atoms with Crippen molar-refractivity contribution >= 4 is 5.91 Å². The van der Waals surface area contributed by atoms with E-state index in [9.17, 15) is 9.90 Å². The highest BCUT2D eigenvalue weighted by molar-refractivity contribution is 5.73. The van der Waals surface area contributed by atoms with Gasteiger partial charge < -0.3 is 95.7 Å². The maximum Gasteiger partial charge on any atom is 0.217 e. The number of ether oxygens (including phenoxy) is 18. The lowest BCUT2D eigenvalue weighted by Crippen LogP contribution is -2.67. The van der Waals surface area contributed by atoms with Crippen molar-refractivity contribution in [2.45, 2.75) is 102 Å². The second-order valence-electron chi connectivity index (χ2n) is 21.4. The van der Waals surface area contributed by atoms with E-state index in [0.717, 1.165) is 16.7 Å². The third-order valence-corrected chi connectivity index (χ3v) is 14.6. The fourth-order valence-corrected chi connectivity index (χ4v) is 10.2. The first-order valence-corrected chi connectivity index (χ1v) is 32.0. The van der Waals surface area contributed by atoms with E-state index in [1.165, 1.54) is 6.92 Å². The molecular formula is C65H103NO26. The van der Waals surface area contributed by atoms with Crippen molar-refractivity contribution in [3.8, 4) is 0 Å². The third kappa shape index (κ3) is 35.2. The zero-order valence-corrected chi connectivity index (χ0v) is 53.5. The Kier molecular flexibility index (Phi) is 45.7. The number of benzene rings is 3. The van der Waals surface area contributed by atoms with Gasteiger partial charge >= 0.3 is 0 Å². The van der Waals surface area contributed by atoms with Crippen molar-refractivity contribution in [1.82, 2.24) is 5.32 Å². The SMILES string of the molecule is CC(=O)NC1C(O)OC(COCc2ccccc2)C(OC2OC(CCCOCCOCCOCCOCCOO)C(CCOCCOCCOCCOCCOO)C(CCOCCOCCOCCOCCOO)C2OCc2ccccc2)C1OCc1ccccc1. The quantitative estimate of drug-likeness (QED) is 0.0277. The normalized spacial score (nSPS) is 21.7. The van der Waals surface area contributed by atoms with Crippen LogP contribution in [0.15, 0.2) is 91.0 Å². The fourth-order valence-electron chi connectivity index (χ4n) is 10.2. The van der Waals surface area contributed by atoms with Crippen LogP contribution < -0.4 is 5.32 Å². The molecular weight excluding hydrogens is 1210 g/mol. The Bertz CT molecular complexity index is 2150. The summed E-state index contributed by atoms with van der Waals surface area (Å²) in [4.78, 5) is 25.1. The van der Waals surface area contributed by atoms with Crippen molar-refractivity contribution in [2.24, 2.45) is 11.8 Å². The maximum atomic E-state index is 13.0. The van der Waals surface area contributed by atoms with Crippen molar-refractivity contribution in [1.29, 1.82) is 0 Å². The molecule has 0 spiro atoms. The predicted molar refractivity (Wildman–Crippen MR) is 329 cm³/mol. The van der Waals surface area contributed by atoms with Gasteiger partial charge in [0.05, 0.1) is 171 Å². The van der Waals surface area contributed by atoms with Gasteiger partial charge in [0.25, 0.3) is 0 Å². The van der Waals surface area contributed by atoms with Crippen molar-refractivity contribution in [2.75, 3.05) is 185 Å². The molecule has 2 aliphatic heterocycles. The Balaban J connectivity index is 1.40. The molecule has 2 saturated heterocycles. The molecule has 27 nitrogen and oxygen atoms in total. The first kappa shape index (κ1) is 78.8. The van der Waals surface area contributed by atoms with Crippen molar-refractivity contribution in [3.63, 3.8) is 0 Å². The lowest BCUT2D eigenvalue weighted by molar-refractivity contribution is -0.346. The number of aliphatic hydroxyl groups excluding tert-OH is 1. The molecule has 10 unspecified atom stereocenters. The Morgan fingerprint density at radius 3 is 1.15 bits per heavy atom. The minimum absolute atomic E-state index is 0.0270. The van der Waals surface area contributed by atoms with Crippen LogP contribution in [0.4, 0.5) is 0 Å². The molecule has 2 aliphatic rings. The van der Waals surface area contributed by atoms with Crippen LogP contribution in [0.5, 0.6) is 0 Å². The van der Waals surface area contributed by atoms with Gasteiger partial charge in [0.1, 0.15) is 50.3 Å². The third-order valence-electron chi connectivity index (χ3n) is 14.6. The minimum atomic E-state index is -1.51. The van der Waals surface area contributed by atoms with E-state index in [4.69, 9.17) is 101 Å². The summed E-state index contributed by atoms with van der Waals surface area (Å²) in [6.45, 7) is 10.4. The van der Waals surface area contributed by atoms with Gasteiger partial charge in [-0.25, -0.2) is 14.7 Å². The monoisotopic (exact) mass is 1310 g/mol. The first-order chi connectivity index (χ1) is 45.4. The van der Waals surface area contributed by atoms with Crippen LogP contribution in [0, 0.1) is 11.8 Å². The van der Waals surface area contributed by atoms with Crippen LogP contribution in [0.25, 0.3) is 0 Å². The number of amides is 1. The highest BCUT2D eigenvalue weighted by Crippen LogP contribution is 2.42. The molecule has 524 valence electrons. The van der Waals surface area contributed by atoms with E-state index < -0.39 is 55.0 Å². The molecule has 3 aromatic carbocycles. The maximum absolute atomic E-state index is 13.0. The van der Waals surface area contributed by atoms with Crippen LogP contribution in [-0.2, 0) is 125 Å². The molecule has 3 aromatic rings. The standard InChI is InChI=1S/C65H103NO26/c1-52(67)66-60-63(86-50-55-16-9-4-10-17-55)62(59(90-64(60)68)51-84-48-53-12-5-2-6-13-53)92-65-61(85-49-54-14-7-3-8-15-54)57(20-23-74-26-29-77-32-35-80-38-41-83-44-47-89-71)56(19-22-73-25-28-76-31-34-79-37-40-82-43-46-88-70)58(91-65)18-11-21-72-24-27-75-30-33-78-36-39-81-42-45-87-69/h2-10,12-17,56-65,68-71H,11,18-51H2,1H3,(H,66,67). The van der Waals surface area contributed by atoms with E-state index in [-0.39, 0.29) is 77.9 Å². The number of rotatable bonds is 59. The second kappa shape index (κ2) is 53.3. The molecule has 5 rings (SSSR count). The van der Waals surface area contributed by atoms with Gasteiger partial charge in [0, 0.05) is 26.7 Å². The second-order valence-corrected chi connectivity index (χ2v) is 21.4. The topological polar surface area (TPSA) is 304 Å². The summed E-state index contributed by atoms with van der Waals surface area (Å²) in [6, 6.07) is 28.1. The van der Waals surface area contributed by atoms with E-state index in [1.54, 1.807) is 0 Å². The predicted octanol–water partition coefficient (Wildman–Crippen LogP) is 5.17. The van der Waals surface area contributed by atoms with Crippen LogP contribution in [0.2, 0.25) is 0 Å². The summed E-state index contributed by atoms with van der Waals surface area (Å²) in [6.07, 6.45) is -4.54. The Hall–Kier alpha value is -3.87. The number of hydrogen-bond donors (Lipinski definition) is 5. The van der Waals surface area contributed by atoms with Gasteiger partial charge in [-0.1, -0.05) is 91.0 Å². The summed E-state index contributed by atoms with van der Waals surface area (Å²) in [5.41, 5.74) is 2.72. The van der Waals surface area contributed by atoms with Crippen molar-refractivity contribution in [3.05, 3.63) is 108 Å². The smallest absolute Gasteiger partial charge is 0.217 e. The lowest BCUT2D eigenvalue weighted by Gasteiger charge is -2.50. The molecule has 0 radical (unpaired) electrons. The van der Waals surface area contributed by atoms with E-state index >= 15 is 0 Å². The number of aliphatic hydroxyl groups is 1. The summed E-state index contributed by atoms with van der Waals surface area (Å²) < 4.78 is 110.